The summed E-state index contributed by atoms with van der Waals surface area (Å²) in [4.78, 5) is 0. The minimum Gasteiger partial charge on any atom is -0.507 e. The van der Waals surface area contributed by atoms with Gasteiger partial charge < -0.3 is 19.7 Å². The number of benzene rings is 14. The van der Waals surface area contributed by atoms with Gasteiger partial charge in [-0.3, -0.25) is 0 Å². The number of aromatic hydroxyl groups is 2. The summed E-state index contributed by atoms with van der Waals surface area (Å²) in [7, 11) is 3.10. The van der Waals surface area contributed by atoms with E-state index < -0.39 is 23.3 Å². The second-order valence-corrected chi connectivity index (χ2v) is 22.5. The van der Waals surface area contributed by atoms with Crippen molar-refractivity contribution < 1.29 is 37.2 Å². The lowest BCUT2D eigenvalue weighted by molar-refractivity contribution is 0.417. The highest BCUT2D eigenvalue weighted by atomic mass is 35.5. The van der Waals surface area contributed by atoms with Crippen LogP contribution in [0.15, 0.2) is 315 Å². The maximum atomic E-state index is 16.2. The van der Waals surface area contributed by atoms with E-state index in [1.807, 2.05) is 206 Å². The largest absolute Gasteiger partial charge is 0.507 e. The highest BCUT2D eigenvalue weighted by Crippen LogP contribution is 2.48. The number of methoxy groups -OCH3 is 2. The number of phenols is 2. The molecule has 14 aromatic rings. The zero-order valence-corrected chi connectivity index (χ0v) is 53.4. The molecule has 0 amide bonds. The molecule has 0 fully saturated rings. The van der Waals surface area contributed by atoms with Crippen LogP contribution < -0.4 is 9.47 Å². The number of halogens is 5. The van der Waals surface area contributed by atoms with Crippen molar-refractivity contribution >= 4 is 11.6 Å². The van der Waals surface area contributed by atoms with Crippen molar-refractivity contribution in [2.45, 2.75) is 14.9 Å². The van der Waals surface area contributed by atoms with E-state index in [2.05, 4.69) is 48.0 Å². The Morgan fingerprint density at radius 1 is 0.214 bits per heavy atom. The Morgan fingerprint density at radius 2 is 0.408 bits per heavy atom. The number of phenolic OH excluding ortho intramolecular Hbond substituents is 2. The first-order chi connectivity index (χ1) is 47.1. The third kappa shape index (κ3) is 14.3. The molecule has 0 radical (unpaired) electrons. The maximum Gasteiger partial charge on any atom is 0.167 e. The first kappa shape index (κ1) is 69.1. The molecule has 4 nitrogen and oxygen atoms in total. The molecule has 98 heavy (non-hydrogen) atoms. The molecule has 0 aliphatic carbocycles. The van der Waals surface area contributed by atoms with Gasteiger partial charge in [0, 0.05) is 73.1 Å². The van der Waals surface area contributed by atoms with Crippen molar-refractivity contribution in [1.82, 2.24) is 0 Å². The Morgan fingerprint density at radius 3 is 0.673 bits per heavy atom. The number of hydrogen-bond acceptors (Lipinski definition) is 4. The van der Waals surface area contributed by atoms with Gasteiger partial charge in [0.15, 0.2) is 23.3 Å². The summed E-state index contributed by atoms with van der Waals surface area (Å²) in [6.45, 7) is 0. The molecule has 14 rings (SSSR count). The lowest BCUT2D eigenvalue weighted by atomic mass is 9.92. The predicted octanol–water partition coefficient (Wildman–Crippen LogP) is 25.5. The normalized spacial score (nSPS) is 10.6. The van der Waals surface area contributed by atoms with Gasteiger partial charge in [-0.1, -0.05) is 306 Å². The molecule has 0 aliphatic heterocycles. The Balaban J connectivity index is 0.000000203. The SMILES string of the molecule is C.C.CCl.COc1c(-c2cccc(-c3ccccc3)c2)cccc1-c1ccc(-c2cccc(-c3cccc(-c4ccccc4)c3)c2OC)c(F)c1F.Oc1c(-c2cccc(-c3ccccc3)c2)cccc1-c1ccc(-c2cccc(-c3cccc(-c4ccccc4)c3)c2O)c(F)c1F. The van der Waals surface area contributed by atoms with E-state index in [1.54, 1.807) is 74.9 Å². The van der Waals surface area contributed by atoms with Gasteiger partial charge in [0.05, 0.1) is 14.2 Å². The predicted molar refractivity (Wildman–Crippen MR) is 400 cm³/mol. The van der Waals surface area contributed by atoms with Crippen molar-refractivity contribution in [3.8, 4) is 157 Å². The smallest absolute Gasteiger partial charge is 0.167 e. The van der Waals surface area contributed by atoms with Gasteiger partial charge in [-0.05, 0) is 91.0 Å². The molecule has 0 spiro atoms. The molecule has 0 unspecified atom stereocenters. The number of alkyl halides is 1. The summed E-state index contributed by atoms with van der Waals surface area (Å²) < 4.78 is 75.9. The second kappa shape index (κ2) is 31.7. The fourth-order valence-electron chi connectivity index (χ4n) is 12.3. The zero-order valence-electron chi connectivity index (χ0n) is 52.6. The van der Waals surface area contributed by atoms with E-state index in [0.717, 1.165) is 77.9 Å². The van der Waals surface area contributed by atoms with Crippen LogP contribution >= 0.6 is 11.6 Å². The molecular weight excluding hydrogens is 1240 g/mol. The highest BCUT2D eigenvalue weighted by molar-refractivity contribution is 6.15. The monoisotopic (exact) mass is 1310 g/mol. The maximum absolute atomic E-state index is 16.2. The molecule has 0 aromatic heterocycles. The fraction of sp³-hybridized carbons (Fsp3) is 0.0562. The Bertz CT molecular complexity index is 4750. The van der Waals surface area contributed by atoms with Crippen LogP contribution in [0, 0.1) is 23.3 Å². The molecule has 0 bridgehead atoms. The lowest BCUT2D eigenvalue weighted by Gasteiger charge is -2.18. The fourth-order valence-corrected chi connectivity index (χ4v) is 12.3. The van der Waals surface area contributed by atoms with E-state index in [-0.39, 0.29) is 59.7 Å². The molecule has 0 atom stereocenters. The van der Waals surface area contributed by atoms with E-state index in [0.29, 0.717) is 33.8 Å². The van der Waals surface area contributed by atoms with Crippen molar-refractivity contribution in [3.05, 3.63) is 339 Å². The molecule has 0 aliphatic rings. The topological polar surface area (TPSA) is 58.9 Å². The quantitative estimate of drug-likeness (QED) is 0.0841. The van der Waals surface area contributed by atoms with Crippen molar-refractivity contribution in [2.75, 3.05) is 20.6 Å². The molecule has 486 valence electrons. The summed E-state index contributed by atoms with van der Waals surface area (Å²) in [6, 6.07) is 98.7. The third-order valence-corrected chi connectivity index (χ3v) is 17.0. The van der Waals surface area contributed by atoms with E-state index in [4.69, 9.17) is 9.47 Å². The van der Waals surface area contributed by atoms with Crippen molar-refractivity contribution in [2.24, 2.45) is 0 Å². The van der Waals surface area contributed by atoms with Crippen molar-refractivity contribution in [1.29, 1.82) is 0 Å². The number of para-hydroxylation sites is 4. The van der Waals surface area contributed by atoms with Crippen molar-refractivity contribution in [3.63, 3.8) is 0 Å². The average molecular weight is 1320 g/mol. The molecule has 2 N–H and O–H groups in total. The van der Waals surface area contributed by atoms with Crippen LogP contribution in [-0.2, 0) is 0 Å². The van der Waals surface area contributed by atoms with E-state index in [9.17, 15) is 10.2 Å². The van der Waals surface area contributed by atoms with Gasteiger partial charge >= 0.3 is 0 Å². The molecular formula is C89H71ClF4O4. The minimum atomic E-state index is -1.11. The van der Waals surface area contributed by atoms with Crippen LogP contribution in [-0.4, -0.2) is 30.8 Å². The Hall–Kier alpha value is -11.7. The lowest BCUT2D eigenvalue weighted by Crippen LogP contribution is -1.99. The van der Waals surface area contributed by atoms with Gasteiger partial charge in [-0.25, -0.2) is 17.6 Å². The van der Waals surface area contributed by atoms with Gasteiger partial charge in [0.25, 0.3) is 0 Å². The Labute approximate surface area is 576 Å². The van der Waals surface area contributed by atoms with Crippen LogP contribution in [0.25, 0.3) is 134 Å². The second-order valence-electron chi connectivity index (χ2n) is 22.5. The van der Waals surface area contributed by atoms with Gasteiger partial charge in [-0.2, -0.15) is 0 Å². The number of ether oxygens (including phenoxy) is 2. The van der Waals surface area contributed by atoms with Crippen LogP contribution in [0.1, 0.15) is 14.9 Å². The summed E-state index contributed by atoms with van der Waals surface area (Å²) in [5.74, 6) is -3.51. The summed E-state index contributed by atoms with van der Waals surface area (Å²) in [5.41, 5.74) is 15.5. The molecule has 0 saturated carbocycles. The molecule has 0 saturated heterocycles. The highest BCUT2D eigenvalue weighted by Gasteiger charge is 2.25. The zero-order chi connectivity index (χ0) is 66.7. The minimum absolute atomic E-state index is 0. The van der Waals surface area contributed by atoms with E-state index >= 15 is 17.6 Å². The van der Waals surface area contributed by atoms with Crippen LogP contribution in [0.4, 0.5) is 17.6 Å². The number of hydrogen-bond donors (Lipinski definition) is 2. The standard InChI is InChI=1S/C44H32F2O2.C42H28F2O2.CH3Cl.2CH4/c1-47-43-35(33-19-9-17-31(27-33)29-13-5-3-6-14-29)21-11-23-39(43)37-25-26-38(42(46)41(37)45)40-24-12-22-36(44(40)48-2)34-20-10-18-32(28-34)30-15-7-4-8-16-30;43-39-35(37-21-9-19-33(41(37)45)31-17-7-15-29(25-31)27-11-3-1-4-12-27)23-24-36(40(39)44)38-22-10-20-34(42(38)46)32-18-8-16-30(26-32)28-13-5-2-6-14-28;1-2;;/h3-28H,1-2H3;1-26,45-46H;1H3;2*1H4. The first-order valence-corrected chi connectivity index (χ1v) is 31.8. The van der Waals surface area contributed by atoms with Gasteiger partial charge in [-0.15, -0.1) is 11.6 Å². The number of rotatable bonds is 14. The molecule has 14 aromatic carbocycles. The third-order valence-electron chi connectivity index (χ3n) is 17.0. The van der Waals surface area contributed by atoms with Crippen LogP contribution in [0.3, 0.4) is 0 Å². The van der Waals surface area contributed by atoms with Gasteiger partial charge in [0.1, 0.15) is 23.0 Å². The van der Waals surface area contributed by atoms with Crippen LogP contribution in [0.2, 0.25) is 0 Å². The van der Waals surface area contributed by atoms with Gasteiger partial charge in [0.2, 0.25) is 0 Å². The summed E-state index contributed by atoms with van der Waals surface area (Å²) in [5, 5.41) is 22.7. The van der Waals surface area contributed by atoms with E-state index in [1.165, 1.54) is 18.5 Å². The first-order valence-electron chi connectivity index (χ1n) is 31.0. The van der Waals surface area contributed by atoms with Crippen LogP contribution in [0.5, 0.6) is 23.0 Å². The average Bonchev–Trinajstić information content (AvgIpc) is 0.779. The molecule has 9 heteroatoms. The summed E-state index contributed by atoms with van der Waals surface area (Å²) >= 11 is 4.64. The Kier molecular flexibility index (Phi) is 22.4. The summed E-state index contributed by atoms with van der Waals surface area (Å²) in [6.07, 6.45) is 1.47. The molecule has 0 heterocycles.